The molecule has 2 aromatic carbocycles. The van der Waals surface area contributed by atoms with Gasteiger partial charge in [-0.3, -0.25) is 0 Å². The largest absolute Gasteiger partial charge is 0.496 e. The molecule has 0 saturated carbocycles. The molecule has 142 valence electrons. The van der Waals surface area contributed by atoms with Crippen molar-refractivity contribution in [3.05, 3.63) is 66.8 Å². The average Bonchev–Trinajstić information content (AvgIpc) is 2.66. The van der Waals surface area contributed by atoms with E-state index in [4.69, 9.17) is 10.5 Å². The van der Waals surface area contributed by atoms with Gasteiger partial charge in [0.05, 0.1) is 12.6 Å². The molecule has 0 aromatic heterocycles. The Morgan fingerprint density at radius 3 is 2.63 bits per heavy atom. The van der Waals surface area contributed by atoms with Gasteiger partial charge in [0, 0.05) is 22.9 Å². The molecule has 1 aliphatic rings. The Labute approximate surface area is 162 Å². The summed E-state index contributed by atoms with van der Waals surface area (Å²) in [6, 6.07) is 14.7. The lowest BCUT2D eigenvalue weighted by atomic mass is 9.80. The van der Waals surface area contributed by atoms with Gasteiger partial charge in [-0.05, 0) is 55.5 Å². The average molecular weight is 363 g/mol. The van der Waals surface area contributed by atoms with Crippen LogP contribution in [0.4, 0.5) is 5.69 Å². The van der Waals surface area contributed by atoms with Crippen LogP contribution in [0.3, 0.4) is 0 Å². The van der Waals surface area contributed by atoms with Gasteiger partial charge in [-0.15, -0.1) is 6.58 Å². The van der Waals surface area contributed by atoms with Crippen LogP contribution in [0.2, 0.25) is 0 Å². The molecule has 3 rings (SSSR count). The third-order valence-corrected chi connectivity index (χ3v) is 5.29. The summed E-state index contributed by atoms with van der Waals surface area (Å²) in [6.07, 6.45) is 5.02. The first kappa shape index (κ1) is 19.2. The van der Waals surface area contributed by atoms with Crippen molar-refractivity contribution >= 4 is 11.3 Å². The van der Waals surface area contributed by atoms with Crippen molar-refractivity contribution < 1.29 is 4.74 Å². The van der Waals surface area contributed by atoms with Crippen LogP contribution >= 0.6 is 0 Å². The number of hydrogen-bond donors (Lipinski definition) is 2. The van der Waals surface area contributed by atoms with Crippen LogP contribution in [0.15, 0.2) is 61.2 Å². The molecule has 0 radical (unpaired) electrons. The van der Waals surface area contributed by atoms with E-state index in [0.29, 0.717) is 0 Å². The van der Waals surface area contributed by atoms with Crippen molar-refractivity contribution in [2.24, 2.45) is 11.7 Å². The number of methoxy groups -OCH3 is 1. The van der Waals surface area contributed by atoms with Crippen LogP contribution in [0.5, 0.6) is 5.75 Å². The molecule has 3 N–H and O–H groups in total. The smallest absolute Gasteiger partial charge is 0.126 e. The molecule has 0 fully saturated rings. The highest BCUT2D eigenvalue weighted by Crippen LogP contribution is 2.41. The minimum atomic E-state index is -0.115. The quantitative estimate of drug-likeness (QED) is 0.668. The second-order valence-corrected chi connectivity index (χ2v) is 7.88. The number of anilines is 1. The molecule has 2 atom stereocenters. The molecule has 27 heavy (non-hydrogen) atoms. The topological polar surface area (TPSA) is 47.3 Å². The zero-order valence-corrected chi connectivity index (χ0v) is 16.8. The summed E-state index contributed by atoms with van der Waals surface area (Å²) in [7, 11) is 1.71. The van der Waals surface area contributed by atoms with Gasteiger partial charge in [-0.2, -0.15) is 0 Å². The third-order valence-electron chi connectivity index (χ3n) is 5.29. The number of rotatable bonds is 6. The number of para-hydroxylation sites is 1. The predicted octanol–water partition coefficient (Wildman–Crippen LogP) is 5.49. The number of ether oxygens (including phenoxy) is 1. The zero-order valence-electron chi connectivity index (χ0n) is 16.8. The number of fused-ring (bicyclic) bond motifs is 1. The van der Waals surface area contributed by atoms with E-state index in [2.05, 4.69) is 63.0 Å². The van der Waals surface area contributed by atoms with E-state index in [0.717, 1.165) is 29.0 Å². The Morgan fingerprint density at radius 2 is 1.93 bits per heavy atom. The predicted molar refractivity (Wildman–Crippen MR) is 116 cm³/mol. The fourth-order valence-electron chi connectivity index (χ4n) is 3.80. The van der Waals surface area contributed by atoms with Crippen LogP contribution in [0, 0.1) is 5.92 Å². The lowest BCUT2D eigenvalue weighted by Gasteiger charge is -2.36. The minimum absolute atomic E-state index is 0.0467. The van der Waals surface area contributed by atoms with Crippen LogP contribution in [0.25, 0.3) is 16.7 Å². The molecule has 2 unspecified atom stereocenters. The standard InChI is InChI=1S/C24H30N2O/c1-6-9-21(25)16(2)20-15-24(3,4)26-22-13-12-17(14-19(20)22)18-10-7-8-11-23(18)27-5/h6-8,10-16,21,26H,1,9,25H2,2-5H3. The zero-order chi connectivity index (χ0) is 19.6. The van der Waals surface area contributed by atoms with E-state index in [-0.39, 0.29) is 17.5 Å². The SMILES string of the molecule is C=CCC(N)C(C)C1=CC(C)(C)Nc2ccc(-c3ccccc3OC)cc21. The van der Waals surface area contributed by atoms with Crippen molar-refractivity contribution in [2.45, 2.75) is 38.8 Å². The molecule has 0 saturated heterocycles. The first-order valence-corrected chi connectivity index (χ1v) is 9.51. The summed E-state index contributed by atoms with van der Waals surface area (Å²) in [6.45, 7) is 10.4. The molecular formula is C24H30N2O. The summed E-state index contributed by atoms with van der Waals surface area (Å²) in [5, 5.41) is 3.63. The van der Waals surface area contributed by atoms with Gasteiger partial charge in [0.1, 0.15) is 5.75 Å². The van der Waals surface area contributed by atoms with Gasteiger partial charge in [-0.25, -0.2) is 0 Å². The van der Waals surface area contributed by atoms with Gasteiger partial charge in [0.2, 0.25) is 0 Å². The van der Waals surface area contributed by atoms with Gasteiger partial charge in [0.15, 0.2) is 0 Å². The maximum atomic E-state index is 6.45. The van der Waals surface area contributed by atoms with Crippen molar-refractivity contribution in [1.82, 2.24) is 0 Å². The van der Waals surface area contributed by atoms with E-state index in [1.165, 1.54) is 11.1 Å². The number of benzene rings is 2. The maximum Gasteiger partial charge on any atom is 0.126 e. The Morgan fingerprint density at radius 1 is 1.19 bits per heavy atom. The summed E-state index contributed by atoms with van der Waals surface area (Å²) in [5.74, 6) is 1.11. The lowest BCUT2D eigenvalue weighted by Crippen LogP contribution is -2.35. The molecule has 3 heteroatoms. The summed E-state index contributed by atoms with van der Waals surface area (Å²) < 4.78 is 5.56. The molecule has 1 heterocycles. The molecule has 3 nitrogen and oxygen atoms in total. The minimum Gasteiger partial charge on any atom is -0.496 e. The Balaban J connectivity index is 2.10. The first-order chi connectivity index (χ1) is 12.9. The Kier molecular flexibility index (Phi) is 5.43. The second-order valence-electron chi connectivity index (χ2n) is 7.88. The van der Waals surface area contributed by atoms with Crippen molar-refractivity contribution in [2.75, 3.05) is 12.4 Å². The normalized spacial score (nSPS) is 17.1. The van der Waals surface area contributed by atoms with E-state index >= 15 is 0 Å². The highest BCUT2D eigenvalue weighted by Gasteiger charge is 2.29. The van der Waals surface area contributed by atoms with E-state index in [1.54, 1.807) is 7.11 Å². The summed E-state index contributed by atoms with van der Waals surface area (Å²) >= 11 is 0. The van der Waals surface area contributed by atoms with E-state index < -0.39 is 0 Å². The van der Waals surface area contributed by atoms with Crippen molar-refractivity contribution in [1.29, 1.82) is 0 Å². The first-order valence-electron chi connectivity index (χ1n) is 9.51. The van der Waals surface area contributed by atoms with E-state index in [9.17, 15) is 0 Å². The van der Waals surface area contributed by atoms with Crippen LogP contribution in [-0.4, -0.2) is 18.7 Å². The fourth-order valence-corrected chi connectivity index (χ4v) is 3.80. The molecule has 0 amide bonds. The fraction of sp³-hybridized carbons (Fsp3) is 0.333. The maximum absolute atomic E-state index is 6.45. The highest BCUT2D eigenvalue weighted by atomic mass is 16.5. The van der Waals surface area contributed by atoms with Crippen LogP contribution in [0.1, 0.15) is 32.8 Å². The monoisotopic (exact) mass is 362 g/mol. The molecular weight excluding hydrogens is 332 g/mol. The Bertz CT molecular complexity index is 866. The van der Waals surface area contributed by atoms with Gasteiger partial charge in [0.25, 0.3) is 0 Å². The van der Waals surface area contributed by atoms with Gasteiger partial charge in [-0.1, -0.05) is 43.3 Å². The highest BCUT2D eigenvalue weighted by molar-refractivity contribution is 5.86. The lowest BCUT2D eigenvalue weighted by molar-refractivity contribution is 0.416. The number of nitrogens with one attached hydrogen (secondary N) is 1. The number of nitrogens with two attached hydrogens (primary N) is 1. The summed E-state index contributed by atoms with van der Waals surface area (Å²) in [5.41, 5.74) is 12.2. The summed E-state index contributed by atoms with van der Waals surface area (Å²) in [4.78, 5) is 0. The third kappa shape index (κ3) is 3.93. The van der Waals surface area contributed by atoms with Gasteiger partial charge < -0.3 is 15.8 Å². The Hall–Kier alpha value is -2.52. The molecule has 0 spiro atoms. The number of hydrogen-bond acceptors (Lipinski definition) is 3. The molecule has 2 aromatic rings. The van der Waals surface area contributed by atoms with Crippen LogP contribution in [-0.2, 0) is 0 Å². The van der Waals surface area contributed by atoms with Gasteiger partial charge >= 0.3 is 0 Å². The van der Waals surface area contributed by atoms with Crippen LogP contribution < -0.4 is 15.8 Å². The molecule has 0 aliphatic carbocycles. The van der Waals surface area contributed by atoms with Crippen molar-refractivity contribution in [3.63, 3.8) is 0 Å². The van der Waals surface area contributed by atoms with E-state index in [1.807, 2.05) is 24.3 Å². The molecule has 0 bridgehead atoms. The van der Waals surface area contributed by atoms with Crippen molar-refractivity contribution in [3.8, 4) is 16.9 Å². The molecule has 1 aliphatic heterocycles. The second kappa shape index (κ2) is 7.61.